The van der Waals surface area contributed by atoms with Gasteiger partial charge in [-0.25, -0.2) is 4.39 Å². The second-order valence-electron chi connectivity index (χ2n) is 8.35. The van der Waals surface area contributed by atoms with Gasteiger partial charge in [-0.15, -0.1) is 11.8 Å². The second kappa shape index (κ2) is 9.28. The van der Waals surface area contributed by atoms with Crippen LogP contribution in [0.25, 0.3) is 0 Å². The molecule has 27 heavy (non-hydrogen) atoms. The SMILES string of the molecule is CCCCC1(CCCC)CSc2ccc(C)cc2C(c2ccc(F)cc2)C1. The zero-order valence-corrected chi connectivity index (χ0v) is 17.9. The fourth-order valence-electron chi connectivity index (χ4n) is 4.47. The van der Waals surface area contributed by atoms with Crippen molar-refractivity contribution in [3.05, 3.63) is 65.0 Å². The van der Waals surface area contributed by atoms with E-state index in [0.717, 1.165) is 0 Å². The first kappa shape index (κ1) is 20.5. The number of fused-ring (bicyclic) bond motifs is 1. The van der Waals surface area contributed by atoms with Crippen LogP contribution in [0, 0.1) is 18.2 Å². The Labute approximate surface area is 169 Å². The van der Waals surface area contributed by atoms with Gasteiger partial charge in [0.15, 0.2) is 0 Å². The van der Waals surface area contributed by atoms with E-state index in [4.69, 9.17) is 0 Å². The van der Waals surface area contributed by atoms with Crippen LogP contribution in [0.5, 0.6) is 0 Å². The predicted molar refractivity (Wildman–Crippen MR) is 116 cm³/mol. The molecule has 0 amide bonds. The molecule has 0 radical (unpaired) electrons. The topological polar surface area (TPSA) is 0 Å². The Morgan fingerprint density at radius 3 is 2.30 bits per heavy atom. The Morgan fingerprint density at radius 1 is 1.00 bits per heavy atom. The van der Waals surface area contributed by atoms with E-state index in [0.29, 0.717) is 11.3 Å². The van der Waals surface area contributed by atoms with E-state index in [1.54, 1.807) is 12.1 Å². The van der Waals surface area contributed by atoms with Crippen LogP contribution in [0.4, 0.5) is 4.39 Å². The van der Waals surface area contributed by atoms with Crippen LogP contribution in [0.1, 0.15) is 81.4 Å². The lowest BCUT2D eigenvalue weighted by Gasteiger charge is -2.35. The van der Waals surface area contributed by atoms with Crippen LogP contribution in [0.15, 0.2) is 47.4 Å². The Kier molecular flexibility index (Phi) is 7.03. The molecule has 0 N–H and O–H groups in total. The molecule has 146 valence electrons. The number of hydrogen-bond acceptors (Lipinski definition) is 1. The summed E-state index contributed by atoms with van der Waals surface area (Å²) < 4.78 is 13.6. The molecule has 0 spiro atoms. The fourth-order valence-corrected chi connectivity index (χ4v) is 5.87. The average molecular weight is 385 g/mol. The van der Waals surface area contributed by atoms with Crippen molar-refractivity contribution >= 4 is 11.8 Å². The summed E-state index contributed by atoms with van der Waals surface area (Å²) in [4.78, 5) is 1.42. The van der Waals surface area contributed by atoms with E-state index in [1.807, 2.05) is 12.1 Å². The molecule has 0 aliphatic carbocycles. The Hall–Kier alpha value is -1.28. The monoisotopic (exact) mass is 384 g/mol. The van der Waals surface area contributed by atoms with E-state index >= 15 is 0 Å². The lowest BCUT2D eigenvalue weighted by atomic mass is 9.70. The van der Waals surface area contributed by atoms with Crippen molar-refractivity contribution in [2.24, 2.45) is 5.41 Å². The Bertz CT molecular complexity index is 726. The molecule has 0 nitrogen and oxygen atoms in total. The van der Waals surface area contributed by atoms with Crippen molar-refractivity contribution in [2.45, 2.75) is 76.5 Å². The Balaban J connectivity index is 2.03. The number of halogens is 1. The minimum atomic E-state index is -0.144. The maximum atomic E-state index is 13.6. The molecular weight excluding hydrogens is 351 g/mol. The first-order valence-corrected chi connectivity index (χ1v) is 11.5. The van der Waals surface area contributed by atoms with Gasteiger partial charge in [0.05, 0.1) is 0 Å². The van der Waals surface area contributed by atoms with Gasteiger partial charge in [-0.3, -0.25) is 0 Å². The number of aryl methyl sites for hydroxylation is 1. The number of benzene rings is 2. The van der Waals surface area contributed by atoms with Crippen molar-refractivity contribution in [3.8, 4) is 0 Å². The second-order valence-corrected chi connectivity index (χ2v) is 9.36. The van der Waals surface area contributed by atoms with E-state index in [-0.39, 0.29) is 5.82 Å². The van der Waals surface area contributed by atoms with Gasteiger partial charge in [-0.1, -0.05) is 69.4 Å². The van der Waals surface area contributed by atoms with E-state index in [9.17, 15) is 4.39 Å². The van der Waals surface area contributed by atoms with Crippen LogP contribution in [0.3, 0.4) is 0 Å². The summed E-state index contributed by atoms with van der Waals surface area (Å²) in [6, 6.07) is 14.2. The van der Waals surface area contributed by atoms with Crippen LogP contribution in [-0.2, 0) is 0 Å². The molecule has 1 aliphatic rings. The van der Waals surface area contributed by atoms with Crippen molar-refractivity contribution in [1.82, 2.24) is 0 Å². The van der Waals surface area contributed by atoms with Crippen molar-refractivity contribution in [3.63, 3.8) is 0 Å². The lowest BCUT2D eigenvalue weighted by molar-refractivity contribution is 0.233. The standard InChI is InChI=1S/C25H33FS/c1-4-6-14-25(15-7-5-2)17-23(20-9-11-21(26)12-10-20)22-16-19(3)8-13-24(22)27-18-25/h8-13,16,23H,4-7,14-15,17-18H2,1-3H3. The minimum Gasteiger partial charge on any atom is -0.207 e. The molecule has 3 rings (SSSR count). The number of thioether (sulfide) groups is 1. The summed E-state index contributed by atoms with van der Waals surface area (Å²) in [5.74, 6) is 1.43. The predicted octanol–water partition coefficient (Wildman–Crippen LogP) is 8.13. The molecule has 0 aromatic heterocycles. The molecule has 0 bridgehead atoms. The van der Waals surface area contributed by atoms with Gasteiger partial charge in [0, 0.05) is 16.6 Å². The summed E-state index contributed by atoms with van der Waals surface area (Å²) >= 11 is 2.05. The third-order valence-electron chi connectivity index (χ3n) is 6.11. The number of hydrogen-bond donors (Lipinski definition) is 0. The molecule has 0 saturated carbocycles. The van der Waals surface area contributed by atoms with Crippen molar-refractivity contribution < 1.29 is 4.39 Å². The van der Waals surface area contributed by atoms with E-state index in [1.165, 1.54) is 72.3 Å². The van der Waals surface area contributed by atoms with Gasteiger partial charge < -0.3 is 0 Å². The smallest absolute Gasteiger partial charge is 0.123 e. The molecular formula is C25H33FS. The molecule has 1 atom stereocenters. The van der Waals surface area contributed by atoms with Crippen LogP contribution >= 0.6 is 11.8 Å². The third-order valence-corrected chi connectivity index (χ3v) is 7.54. The molecule has 0 saturated heterocycles. The maximum Gasteiger partial charge on any atom is 0.123 e. The molecule has 2 aromatic carbocycles. The molecule has 1 unspecified atom stereocenters. The summed E-state index contributed by atoms with van der Waals surface area (Å²) in [6.45, 7) is 6.78. The fraction of sp³-hybridized carbons (Fsp3) is 0.520. The third kappa shape index (κ3) is 4.96. The van der Waals surface area contributed by atoms with Gasteiger partial charge in [-0.05, 0) is 60.9 Å². The zero-order valence-electron chi connectivity index (χ0n) is 17.1. The summed E-state index contributed by atoms with van der Waals surface area (Å²) in [7, 11) is 0. The summed E-state index contributed by atoms with van der Waals surface area (Å²) in [5, 5.41) is 0. The van der Waals surface area contributed by atoms with Gasteiger partial charge in [-0.2, -0.15) is 0 Å². The van der Waals surface area contributed by atoms with Crippen molar-refractivity contribution in [1.29, 1.82) is 0 Å². The molecule has 0 fully saturated rings. The first-order chi connectivity index (χ1) is 13.1. The Morgan fingerprint density at radius 2 is 1.67 bits per heavy atom. The van der Waals surface area contributed by atoms with E-state index < -0.39 is 0 Å². The first-order valence-electron chi connectivity index (χ1n) is 10.6. The minimum absolute atomic E-state index is 0.144. The quantitative estimate of drug-likeness (QED) is 0.464. The summed E-state index contributed by atoms with van der Waals surface area (Å²) in [5.41, 5.74) is 4.41. The molecule has 2 aromatic rings. The molecule has 1 aliphatic heterocycles. The lowest BCUT2D eigenvalue weighted by Crippen LogP contribution is -2.26. The van der Waals surface area contributed by atoms with Crippen LogP contribution in [-0.4, -0.2) is 5.75 Å². The van der Waals surface area contributed by atoms with Gasteiger partial charge in [0.1, 0.15) is 5.82 Å². The van der Waals surface area contributed by atoms with E-state index in [2.05, 4.69) is 50.7 Å². The normalized spacial score (nSPS) is 18.7. The number of unbranched alkanes of at least 4 members (excludes halogenated alkanes) is 2. The van der Waals surface area contributed by atoms with Gasteiger partial charge in [0.2, 0.25) is 0 Å². The van der Waals surface area contributed by atoms with Crippen LogP contribution in [0.2, 0.25) is 0 Å². The van der Waals surface area contributed by atoms with Crippen molar-refractivity contribution in [2.75, 3.05) is 5.75 Å². The largest absolute Gasteiger partial charge is 0.207 e. The highest BCUT2D eigenvalue weighted by atomic mass is 32.2. The molecule has 2 heteroatoms. The summed E-state index contributed by atoms with van der Waals surface area (Å²) in [6.07, 6.45) is 8.91. The number of rotatable bonds is 7. The van der Waals surface area contributed by atoms with Gasteiger partial charge >= 0.3 is 0 Å². The van der Waals surface area contributed by atoms with Gasteiger partial charge in [0.25, 0.3) is 0 Å². The highest BCUT2D eigenvalue weighted by Gasteiger charge is 2.37. The highest BCUT2D eigenvalue weighted by molar-refractivity contribution is 7.99. The molecule has 1 heterocycles. The maximum absolute atomic E-state index is 13.6. The highest BCUT2D eigenvalue weighted by Crippen LogP contribution is 2.51. The zero-order chi connectivity index (χ0) is 19.3. The van der Waals surface area contributed by atoms with Crippen LogP contribution < -0.4 is 0 Å². The average Bonchev–Trinajstić information content (AvgIpc) is 2.83.